The van der Waals surface area contributed by atoms with E-state index in [1.54, 1.807) is 4.90 Å². The van der Waals surface area contributed by atoms with Crippen molar-refractivity contribution in [1.29, 1.82) is 0 Å². The van der Waals surface area contributed by atoms with E-state index in [2.05, 4.69) is 29.3 Å². The van der Waals surface area contributed by atoms with Gasteiger partial charge in [-0.15, -0.1) is 0 Å². The maximum absolute atomic E-state index is 12.0. The Balaban J connectivity index is 1.42. The van der Waals surface area contributed by atoms with Crippen LogP contribution >= 0.6 is 11.6 Å². The van der Waals surface area contributed by atoms with E-state index in [1.165, 1.54) is 36.9 Å². The highest BCUT2D eigenvalue weighted by molar-refractivity contribution is 6.30. The van der Waals surface area contributed by atoms with Crippen molar-refractivity contribution in [2.45, 2.75) is 64.3 Å². The van der Waals surface area contributed by atoms with Crippen LogP contribution in [0.4, 0.5) is 4.79 Å². The average Bonchev–Trinajstić information content (AvgIpc) is 2.85. The van der Waals surface area contributed by atoms with Gasteiger partial charge in [-0.3, -0.25) is 0 Å². The number of urea groups is 1. The molecule has 1 aliphatic carbocycles. The standard InChI is InChI=1S/C23H36ClN3O/c1-4-26(3)23(28)25-21-9-5-18(6-10-21)11-13-27-14-12-19-7-8-20(24)15-22(19)17(2)16-27/h7-8,15,17-18,21H,4-6,9-14,16H2,1-3H3,(H,25,28)/t17-,18?,21?/m0/s1. The van der Waals surface area contributed by atoms with Crippen LogP contribution in [0, 0.1) is 5.92 Å². The third kappa shape index (κ3) is 5.64. The number of amides is 2. The van der Waals surface area contributed by atoms with Gasteiger partial charge in [-0.2, -0.15) is 0 Å². The van der Waals surface area contributed by atoms with E-state index in [4.69, 9.17) is 11.6 Å². The van der Waals surface area contributed by atoms with Gasteiger partial charge in [0, 0.05) is 37.7 Å². The Hall–Kier alpha value is -1.26. The Bertz CT molecular complexity index is 657. The lowest BCUT2D eigenvalue weighted by Gasteiger charge is -2.32. The average molecular weight is 406 g/mol. The van der Waals surface area contributed by atoms with Crippen LogP contribution < -0.4 is 5.32 Å². The van der Waals surface area contributed by atoms with Crippen molar-refractivity contribution >= 4 is 17.6 Å². The second kappa shape index (κ2) is 9.98. The van der Waals surface area contributed by atoms with Crippen molar-refractivity contribution in [3.05, 3.63) is 34.3 Å². The Morgan fingerprint density at radius 3 is 2.75 bits per heavy atom. The lowest BCUT2D eigenvalue weighted by atomic mass is 9.84. The molecule has 2 amide bonds. The second-order valence-corrected chi connectivity index (χ2v) is 9.20. The van der Waals surface area contributed by atoms with E-state index in [9.17, 15) is 4.79 Å². The molecule has 4 nitrogen and oxygen atoms in total. The predicted molar refractivity (Wildman–Crippen MR) is 117 cm³/mol. The number of halogens is 1. The zero-order valence-electron chi connectivity index (χ0n) is 17.7. The minimum atomic E-state index is 0.0733. The highest BCUT2D eigenvalue weighted by Crippen LogP contribution is 2.30. The Morgan fingerprint density at radius 1 is 1.29 bits per heavy atom. The largest absolute Gasteiger partial charge is 0.335 e. The fourth-order valence-electron chi connectivity index (χ4n) is 4.70. The topological polar surface area (TPSA) is 35.6 Å². The summed E-state index contributed by atoms with van der Waals surface area (Å²) in [5.41, 5.74) is 2.90. The first kappa shape index (κ1) is 21.4. The molecule has 1 saturated carbocycles. The molecule has 2 aliphatic rings. The van der Waals surface area contributed by atoms with E-state index in [0.717, 1.165) is 49.8 Å². The van der Waals surface area contributed by atoms with E-state index >= 15 is 0 Å². The first-order valence-electron chi connectivity index (χ1n) is 11.0. The Morgan fingerprint density at radius 2 is 2.04 bits per heavy atom. The fourth-order valence-corrected chi connectivity index (χ4v) is 4.88. The van der Waals surface area contributed by atoms with Gasteiger partial charge in [0.05, 0.1) is 0 Å². The summed E-state index contributed by atoms with van der Waals surface area (Å²) in [4.78, 5) is 16.4. The number of rotatable bonds is 5. The minimum absolute atomic E-state index is 0.0733. The molecule has 28 heavy (non-hydrogen) atoms. The Labute approximate surface area is 175 Å². The molecule has 156 valence electrons. The van der Waals surface area contributed by atoms with Crippen LogP contribution in [0.1, 0.15) is 63.0 Å². The first-order chi connectivity index (χ1) is 13.5. The third-order valence-electron chi connectivity index (χ3n) is 6.72. The van der Waals surface area contributed by atoms with Crippen molar-refractivity contribution in [1.82, 2.24) is 15.1 Å². The van der Waals surface area contributed by atoms with Crippen LogP contribution in [-0.4, -0.2) is 55.1 Å². The number of carbonyl (C=O) groups excluding carboxylic acids is 1. The lowest BCUT2D eigenvalue weighted by Crippen LogP contribution is -2.44. The first-order valence-corrected chi connectivity index (χ1v) is 11.4. The molecule has 1 aromatic carbocycles. The highest BCUT2D eigenvalue weighted by Gasteiger charge is 2.25. The summed E-state index contributed by atoms with van der Waals surface area (Å²) in [6.07, 6.45) is 7.11. The number of carbonyl (C=O) groups is 1. The summed E-state index contributed by atoms with van der Waals surface area (Å²) in [5.74, 6) is 1.34. The van der Waals surface area contributed by atoms with Gasteiger partial charge in [0.25, 0.3) is 0 Å². The number of benzene rings is 1. The third-order valence-corrected chi connectivity index (χ3v) is 6.95. The monoisotopic (exact) mass is 405 g/mol. The van der Waals surface area contributed by atoms with Gasteiger partial charge in [-0.25, -0.2) is 4.79 Å². The molecule has 1 atom stereocenters. The molecular formula is C23H36ClN3O. The number of hydrogen-bond acceptors (Lipinski definition) is 2. The van der Waals surface area contributed by atoms with Gasteiger partial charge in [0.2, 0.25) is 0 Å². The summed E-state index contributed by atoms with van der Waals surface area (Å²) in [5, 5.41) is 4.04. The van der Waals surface area contributed by atoms with Crippen LogP contribution in [0.3, 0.4) is 0 Å². The van der Waals surface area contributed by atoms with Gasteiger partial charge in [-0.05, 0) is 87.1 Å². The van der Waals surface area contributed by atoms with E-state index in [1.807, 2.05) is 20.0 Å². The predicted octanol–water partition coefficient (Wildman–Crippen LogP) is 4.91. The Kier molecular flexibility index (Phi) is 7.64. The van der Waals surface area contributed by atoms with Crippen LogP contribution in [0.5, 0.6) is 0 Å². The van der Waals surface area contributed by atoms with Gasteiger partial charge >= 0.3 is 6.03 Å². The molecule has 0 saturated heterocycles. The quantitative estimate of drug-likeness (QED) is 0.755. The van der Waals surface area contributed by atoms with E-state index < -0.39 is 0 Å². The summed E-state index contributed by atoms with van der Waals surface area (Å²) in [7, 11) is 1.86. The van der Waals surface area contributed by atoms with Gasteiger partial charge in [0.1, 0.15) is 0 Å². The lowest BCUT2D eigenvalue weighted by molar-refractivity contribution is 0.192. The van der Waals surface area contributed by atoms with Gasteiger partial charge in [0.15, 0.2) is 0 Å². The molecule has 1 N–H and O–H groups in total. The molecule has 1 aliphatic heterocycles. The number of nitrogens with one attached hydrogen (secondary N) is 1. The van der Waals surface area contributed by atoms with Crippen LogP contribution in [0.25, 0.3) is 0 Å². The highest BCUT2D eigenvalue weighted by atomic mass is 35.5. The summed E-state index contributed by atoms with van der Waals surface area (Å²) >= 11 is 6.22. The van der Waals surface area contributed by atoms with Gasteiger partial charge < -0.3 is 15.1 Å². The molecule has 0 spiro atoms. The molecule has 0 bridgehead atoms. The summed E-state index contributed by atoms with van der Waals surface area (Å²) < 4.78 is 0. The molecule has 1 aromatic rings. The molecule has 5 heteroatoms. The van der Waals surface area contributed by atoms with Crippen LogP contribution in [0.15, 0.2) is 18.2 Å². The SMILES string of the molecule is CCN(C)C(=O)NC1CCC(CCN2CCc3ccc(Cl)cc3[C@@H](C)C2)CC1. The van der Waals surface area contributed by atoms with E-state index in [0.29, 0.717) is 12.0 Å². The molecule has 1 fully saturated rings. The van der Waals surface area contributed by atoms with Crippen LogP contribution in [0.2, 0.25) is 5.02 Å². The zero-order valence-corrected chi connectivity index (χ0v) is 18.5. The molecule has 0 unspecified atom stereocenters. The smallest absolute Gasteiger partial charge is 0.317 e. The summed E-state index contributed by atoms with van der Waals surface area (Å²) in [6, 6.07) is 6.83. The van der Waals surface area contributed by atoms with E-state index in [-0.39, 0.29) is 6.03 Å². The van der Waals surface area contributed by atoms with Crippen molar-refractivity contribution in [3.8, 4) is 0 Å². The van der Waals surface area contributed by atoms with Crippen molar-refractivity contribution in [2.24, 2.45) is 5.92 Å². The minimum Gasteiger partial charge on any atom is -0.335 e. The molecule has 3 rings (SSSR count). The number of hydrogen-bond donors (Lipinski definition) is 1. The second-order valence-electron chi connectivity index (χ2n) is 8.76. The molecule has 1 heterocycles. The maximum Gasteiger partial charge on any atom is 0.317 e. The normalized spacial score (nSPS) is 25.6. The number of fused-ring (bicyclic) bond motifs is 1. The van der Waals surface area contributed by atoms with Crippen molar-refractivity contribution in [3.63, 3.8) is 0 Å². The maximum atomic E-state index is 12.0. The molecular weight excluding hydrogens is 370 g/mol. The fraction of sp³-hybridized carbons (Fsp3) is 0.696. The van der Waals surface area contributed by atoms with Crippen molar-refractivity contribution in [2.75, 3.05) is 33.2 Å². The zero-order chi connectivity index (χ0) is 20.1. The molecule has 0 aromatic heterocycles. The van der Waals surface area contributed by atoms with Gasteiger partial charge in [-0.1, -0.05) is 24.6 Å². The number of nitrogens with zero attached hydrogens (tertiary/aromatic N) is 2. The molecule has 0 radical (unpaired) electrons. The summed E-state index contributed by atoms with van der Waals surface area (Å²) in [6.45, 7) is 8.55. The van der Waals surface area contributed by atoms with Crippen LogP contribution in [-0.2, 0) is 6.42 Å². The van der Waals surface area contributed by atoms with Crippen molar-refractivity contribution < 1.29 is 4.79 Å².